The van der Waals surface area contributed by atoms with Gasteiger partial charge in [0.2, 0.25) is 0 Å². The van der Waals surface area contributed by atoms with Crippen LogP contribution in [0.25, 0.3) is 0 Å². The predicted octanol–water partition coefficient (Wildman–Crippen LogP) is 2.16. The van der Waals surface area contributed by atoms with E-state index in [0.717, 1.165) is 0 Å². The lowest BCUT2D eigenvalue weighted by Gasteiger charge is -2.06. The molecule has 3 N–H and O–H groups in total. The summed E-state index contributed by atoms with van der Waals surface area (Å²) in [5.41, 5.74) is 0.792. The second-order valence-corrected chi connectivity index (χ2v) is 4.95. The van der Waals surface area contributed by atoms with E-state index in [0.29, 0.717) is 16.6 Å². The number of ether oxygens (including phenoxy) is 1. The Balaban J connectivity index is 2.13. The molecule has 1 aromatic carbocycles. The van der Waals surface area contributed by atoms with Crippen molar-refractivity contribution in [3.8, 4) is 11.5 Å². The maximum atomic E-state index is 12.0. The number of hydrogen-bond acceptors (Lipinski definition) is 6. The van der Waals surface area contributed by atoms with Crippen LogP contribution in [-0.2, 0) is 0 Å². The first-order chi connectivity index (χ1) is 9.51. The second-order valence-electron chi connectivity index (χ2n) is 4.09. The number of rotatable bonds is 4. The van der Waals surface area contributed by atoms with Gasteiger partial charge in [0.05, 0.1) is 18.9 Å². The summed E-state index contributed by atoms with van der Waals surface area (Å²) in [6.45, 7) is 1.60. The minimum atomic E-state index is -0.679. The minimum Gasteiger partial charge on any atom is -0.504 e. The van der Waals surface area contributed by atoms with E-state index in [2.05, 4.69) is 10.3 Å². The molecule has 1 unspecified atom stereocenters. The number of hydrogen-bond donors (Lipinski definition) is 3. The molecule has 0 aliphatic rings. The Kier molecular flexibility index (Phi) is 4.21. The number of phenols is 1. The van der Waals surface area contributed by atoms with E-state index in [1.165, 1.54) is 36.6 Å². The maximum absolute atomic E-state index is 12.0. The zero-order valence-electron chi connectivity index (χ0n) is 11.0. The van der Waals surface area contributed by atoms with Crippen molar-refractivity contribution < 1.29 is 19.7 Å². The highest BCUT2D eigenvalue weighted by atomic mass is 32.1. The van der Waals surface area contributed by atoms with Gasteiger partial charge in [-0.15, -0.1) is 11.3 Å². The van der Waals surface area contributed by atoms with Crippen molar-refractivity contribution in [3.05, 3.63) is 34.8 Å². The Bertz CT molecular complexity index is 625. The van der Waals surface area contributed by atoms with Crippen LogP contribution in [0.3, 0.4) is 0 Å². The van der Waals surface area contributed by atoms with E-state index < -0.39 is 12.0 Å². The van der Waals surface area contributed by atoms with Gasteiger partial charge in [0.1, 0.15) is 0 Å². The first-order valence-corrected chi connectivity index (χ1v) is 6.71. The summed E-state index contributed by atoms with van der Waals surface area (Å²) < 4.78 is 4.91. The zero-order chi connectivity index (χ0) is 14.7. The molecule has 0 radical (unpaired) electrons. The molecule has 0 saturated heterocycles. The fourth-order valence-corrected chi connectivity index (χ4v) is 2.33. The van der Waals surface area contributed by atoms with E-state index in [1.807, 2.05) is 0 Å². The largest absolute Gasteiger partial charge is 0.504 e. The van der Waals surface area contributed by atoms with Gasteiger partial charge in [0, 0.05) is 10.9 Å². The number of thiazole rings is 1. The molecular weight excluding hydrogens is 280 g/mol. The average molecular weight is 294 g/mol. The second kappa shape index (κ2) is 5.89. The highest BCUT2D eigenvalue weighted by Crippen LogP contribution is 2.27. The van der Waals surface area contributed by atoms with Crippen molar-refractivity contribution in [1.29, 1.82) is 0 Å². The molecule has 0 saturated carbocycles. The third-order valence-corrected chi connectivity index (χ3v) is 3.39. The number of aromatic hydroxyl groups is 1. The van der Waals surface area contributed by atoms with E-state index in [-0.39, 0.29) is 11.3 Å². The van der Waals surface area contributed by atoms with Gasteiger partial charge < -0.3 is 14.9 Å². The van der Waals surface area contributed by atoms with Crippen molar-refractivity contribution >= 4 is 22.4 Å². The molecule has 106 valence electrons. The highest BCUT2D eigenvalue weighted by Gasteiger charge is 2.13. The van der Waals surface area contributed by atoms with Crippen molar-refractivity contribution in [2.75, 3.05) is 12.4 Å². The number of aliphatic hydroxyl groups excluding tert-OH is 1. The molecule has 20 heavy (non-hydrogen) atoms. The third-order valence-electron chi connectivity index (χ3n) is 2.61. The van der Waals surface area contributed by atoms with Gasteiger partial charge in [0.15, 0.2) is 16.6 Å². The van der Waals surface area contributed by atoms with Gasteiger partial charge >= 0.3 is 0 Å². The minimum absolute atomic E-state index is 0.107. The number of amides is 1. The standard InChI is InChI=1S/C13H14N2O4S/c1-7(16)9-6-20-13(14-9)15-12(18)8-3-4-11(19-2)10(17)5-8/h3-7,16-17H,1-2H3,(H,14,15,18). The van der Waals surface area contributed by atoms with Crippen LogP contribution in [0.4, 0.5) is 5.13 Å². The van der Waals surface area contributed by atoms with Crippen LogP contribution in [0.2, 0.25) is 0 Å². The summed E-state index contributed by atoms with van der Waals surface area (Å²) in [5.74, 6) is -0.203. The van der Waals surface area contributed by atoms with Crippen molar-refractivity contribution in [2.45, 2.75) is 13.0 Å². The summed E-state index contributed by atoms with van der Waals surface area (Å²) in [4.78, 5) is 16.1. The quantitative estimate of drug-likeness (QED) is 0.803. The molecule has 7 heteroatoms. The van der Waals surface area contributed by atoms with Crippen LogP contribution in [0, 0.1) is 0 Å². The van der Waals surface area contributed by atoms with E-state index in [9.17, 15) is 15.0 Å². The topological polar surface area (TPSA) is 91.7 Å². The van der Waals surface area contributed by atoms with Gasteiger partial charge in [-0.2, -0.15) is 0 Å². The third kappa shape index (κ3) is 3.06. The van der Waals surface area contributed by atoms with Crippen LogP contribution in [0.1, 0.15) is 29.1 Å². The molecule has 6 nitrogen and oxygen atoms in total. The number of aliphatic hydroxyl groups is 1. The average Bonchev–Trinajstić information content (AvgIpc) is 2.87. The van der Waals surface area contributed by atoms with Crippen molar-refractivity contribution in [3.63, 3.8) is 0 Å². The number of nitrogens with zero attached hydrogens (tertiary/aromatic N) is 1. The molecule has 1 aromatic heterocycles. The summed E-state index contributed by atoms with van der Waals surface area (Å²) in [7, 11) is 1.43. The Labute approximate surface area is 119 Å². The summed E-state index contributed by atoms with van der Waals surface area (Å²) in [6.07, 6.45) is -0.679. The van der Waals surface area contributed by atoms with Gasteiger partial charge in [-0.1, -0.05) is 0 Å². The lowest BCUT2D eigenvalue weighted by molar-refractivity contribution is 0.102. The number of carbonyl (C=O) groups is 1. The lowest BCUT2D eigenvalue weighted by Crippen LogP contribution is -2.11. The Morgan fingerprint density at radius 2 is 2.25 bits per heavy atom. The summed E-state index contributed by atoms with van der Waals surface area (Å²) >= 11 is 1.22. The van der Waals surface area contributed by atoms with E-state index >= 15 is 0 Å². The molecule has 2 aromatic rings. The fraction of sp³-hybridized carbons (Fsp3) is 0.231. The van der Waals surface area contributed by atoms with Crippen molar-refractivity contribution in [2.24, 2.45) is 0 Å². The predicted molar refractivity (Wildman–Crippen MR) is 75.4 cm³/mol. The smallest absolute Gasteiger partial charge is 0.257 e. The normalized spacial score (nSPS) is 11.9. The van der Waals surface area contributed by atoms with E-state index in [4.69, 9.17) is 4.74 Å². The number of methoxy groups -OCH3 is 1. The molecular formula is C13H14N2O4S. The summed E-state index contributed by atoms with van der Waals surface area (Å²) in [6, 6.07) is 4.36. The number of anilines is 1. The van der Waals surface area contributed by atoms with Crippen LogP contribution in [0.15, 0.2) is 23.6 Å². The molecule has 1 atom stereocenters. The fourth-order valence-electron chi connectivity index (χ4n) is 1.54. The highest BCUT2D eigenvalue weighted by molar-refractivity contribution is 7.14. The molecule has 0 aliphatic heterocycles. The molecule has 2 rings (SSSR count). The van der Waals surface area contributed by atoms with E-state index in [1.54, 1.807) is 12.3 Å². The molecule has 0 aliphatic carbocycles. The Morgan fingerprint density at radius 3 is 2.80 bits per heavy atom. The van der Waals surface area contributed by atoms with Gasteiger partial charge in [-0.25, -0.2) is 4.98 Å². The summed E-state index contributed by atoms with van der Waals surface area (Å²) in [5, 5.41) is 23.7. The van der Waals surface area contributed by atoms with Crippen molar-refractivity contribution in [1.82, 2.24) is 4.98 Å². The Morgan fingerprint density at radius 1 is 1.50 bits per heavy atom. The maximum Gasteiger partial charge on any atom is 0.257 e. The Hall–Kier alpha value is -2.12. The molecule has 1 amide bonds. The number of carbonyl (C=O) groups excluding carboxylic acids is 1. The zero-order valence-corrected chi connectivity index (χ0v) is 11.8. The van der Waals surface area contributed by atoms with Crippen LogP contribution in [-0.4, -0.2) is 28.2 Å². The van der Waals surface area contributed by atoms with Gasteiger partial charge in [0.25, 0.3) is 5.91 Å². The first kappa shape index (κ1) is 14.3. The van der Waals surface area contributed by atoms with Crippen LogP contribution in [0.5, 0.6) is 11.5 Å². The molecule has 0 fully saturated rings. The van der Waals surface area contributed by atoms with Crippen LogP contribution < -0.4 is 10.1 Å². The molecule has 0 bridgehead atoms. The number of nitrogens with one attached hydrogen (secondary N) is 1. The van der Waals surface area contributed by atoms with Crippen LogP contribution >= 0.6 is 11.3 Å². The molecule has 1 heterocycles. The monoisotopic (exact) mass is 294 g/mol. The SMILES string of the molecule is COc1ccc(C(=O)Nc2nc(C(C)O)cs2)cc1O. The number of aromatic nitrogens is 1. The number of phenolic OH excluding ortho intramolecular Hbond substituents is 1. The van der Waals surface area contributed by atoms with Gasteiger partial charge in [-0.05, 0) is 25.1 Å². The number of benzene rings is 1. The molecule has 0 spiro atoms. The lowest BCUT2D eigenvalue weighted by atomic mass is 10.2. The first-order valence-electron chi connectivity index (χ1n) is 5.83. The van der Waals surface area contributed by atoms with Gasteiger partial charge in [-0.3, -0.25) is 10.1 Å².